The fraction of sp³-hybridized carbons (Fsp3) is 0.286. The number of fused-ring (bicyclic) bond motifs is 1. The van der Waals surface area contributed by atoms with Crippen LogP contribution in [0.2, 0.25) is 0 Å². The highest BCUT2D eigenvalue weighted by Gasteiger charge is 2.36. The second-order valence-electron chi connectivity index (χ2n) is 6.32. The predicted octanol–water partition coefficient (Wildman–Crippen LogP) is 3.47. The van der Waals surface area contributed by atoms with Crippen LogP contribution in [-0.4, -0.2) is 33.6 Å². The van der Waals surface area contributed by atoms with E-state index in [1.54, 1.807) is 18.2 Å². The lowest BCUT2D eigenvalue weighted by Gasteiger charge is -2.18. The summed E-state index contributed by atoms with van der Waals surface area (Å²) in [4.78, 5) is 13.1. The van der Waals surface area contributed by atoms with E-state index in [4.69, 9.17) is 29.4 Å². The lowest BCUT2D eigenvalue weighted by atomic mass is 10.00. The van der Waals surface area contributed by atoms with Gasteiger partial charge in [0.25, 0.3) is 0 Å². The Balaban J connectivity index is 2.08. The zero-order chi connectivity index (χ0) is 20.3. The van der Waals surface area contributed by atoms with E-state index < -0.39 is 0 Å². The summed E-state index contributed by atoms with van der Waals surface area (Å²) in [6.45, 7) is 3.70. The van der Waals surface area contributed by atoms with Crippen molar-refractivity contribution in [2.24, 2.45) is 0 Å². The molecule has 1 heterocycles. The molecule has 0 amide bonds. The van der Waals surface area contributed by atoms with E-state index >= 15 is 0 Å². The number of methoxy groups -OCH3 is 2. The van der Waals surface area contributed by atoms with E-state index in [-0.39, 0.29) is 25.1 Å². The van der Waals surface area contributed by atoms with Crippen LogP contribution in [0.15, 0.2) is 30.0 Å². The molecule has 0 saturated carbocycles. The summed E-state index contributed by atoms with van der Waals surface area (Å²) in [6.07, 6.45) is 1.67. The molecule has 0 unspecified atom stereocenters. The van der Waals surface area contributed by atoms with Gasteiger partial charge in [-0.15, -0.1) is 0 Å². The highest BCUT2D eigenvalue weighted by atomic mass is 16.7. The number of carbonyl (C=O) groups is 1. The normalized spacial score (nSPS) is 14.1. The highest BCUT2D eigenvalue weighted by Crippen LogP contribution is 2.48. The molecule has 0 bridgehead atoms. The van der Waals surface area contributed by atoms with E-state index in [2.05, 4.69) is 0 Å². The molecule has 0 spiro atoms. The van der Waals surface area contributed by atoms with Crippen LogP contribution in [0.5, 0.6) is 17.2 Å². The third-order valence-corrected chi connectivity index (χ3v) is 4.36. The molecular formula is C21H23NO6. The third kappa shape index (κ3) is 3.67. The third-order valence-electron chi connectivity index (χ3n) is 4.36. The number of carbonyl (C=O) groups excluding carboxylic acids is 1. The molecule has 0 fully saturated rings. The molecule has 7 heteroatoms. The van der Waals surface area contributed by atoms with Crippen molar-refractivity contribution < 1.29 is 28.5 Å². The smallest absolute Gasteiger partial charge is 0.235 e. The molecule has 1 aliphatic rings. The molecule has 148 valence electrons. The minimum atomic E-state index is -0.262. The molecular weight excluding hydrogens is 362 g/mol. The van der Waals surface area contributed by atoms with Gasteiger partial charge in [0.1, 0.15) is 22.8 Å². The van der Waals surface area contributed by atoms with Crippen LogP contribution < -0.4 is 19.9 Å². The first kappa shape index (κ1) is 19.7. The first-order valence-corrected chi connectivity index (χ1v) is 8.68. The lowest BCUT2D eigenvalue weighted by Crippen LogP contribution is -2.09. The molecule has 2 aromatic rings. The van der Waals surface area contributed by atoms with Crippen LogP contribution >= 0.6 is 0 Å². The van der Waals surface area contributed by atoms with Gasteiger partial charge in [0.15, 0.2) is 19.3 Å². The first-order chi connectivity index (χ1) is 13.5. The Hall–Kier alpha value is -3.03. The summed E-state index contributed by atoms with van der Waals surface area (Å²) in [5, 5.41) is 0. The Kier molecular flexibility index (Phi) is 5.87. The Bertz CT molecular complexity index is 918. The Morgan fingerprint density at radius 2 is 1.57 bits per heavy atom. The van der Waals surface area contributed by atoms with Crippen molar-refractivity contribution >= 4 is 17.5 Å². The molecule has 2 aromatic carbocycles. The number of allylic oxidation sites excluding steroid dienone is 1. The van der Waals surface area contributed by atoms with Crippen LogP contribution in [0.25, 0.3) is 6.08 Å². The SMILES string of the molecule is COCOc1c(C)c(OCOC)c2c(c1C)OC(=Cc1ccc(N)cc1)C2=O. The van der Waals surface area contributed by atoms with Crippen molar-refractivity contribution in [1.82, 2.24) is 0 Å². The second kappa shape index (κ2) is 8.33. The van der Waals surface area contributed by atoms with Crippen molar-refractivity contribution in [1.29, 1.82) is 0 Å². The number of nitrogen functional groups attached to an aromatic ring is 1. The molecule has 2 N–H and O–H groups in total. The molecule has 3 rings (SSSR count). The zero-order valence-electron chi connectivity index (χ0n) is 16.3. The molecule has 1 aliphatic heterocycles. The zero-order valence-corrected chi connectivity index (χ0v) is 16.3. The van der Waals surface area contributed by atoms with Crippen LogP contribution in [0, 0.1) is 13.8 Å². The molecule has 0 aliphatic carbocycles. The number of ether oxygens (including phenoxy) is 5. The van der Waals surface area contributed by atoms with E-state index in [1.807, 2.05) is 26.0 Å². The number of Topliss-reactive ketones (excluding diaryl/α,β-unsaturated/α-hetero) is 1. The van der Waals surface area contributed by atoms with Gasteiger partial charge in [-0.1, -0.05) is 12.1 Å². The van der Waals surface area contributed by atoms with Crippen LogP contribution in [-0.2, 0) is 9.47 Å². The highest BCUT2D eigenvalue weighted by molar-refractivity contribution is 6.17. The maximum absolute atomic E-state index is 13.1. The Labute approximate surface area is 163 Å². The van der Waals surface area contributed by atoms with Crippen molar-refractivity contribution in [3.05, 3.63) is 52.3 Å². The van der Waals surface area contributed by atoms with Gasteiger partial charge < -0.3 is 29.4 Å². The molecule has 0 radical (unpaired) electrons. The maximum Gasteiger partial charge on any atom is 0.235 e. The average molecular weight is 385 g/mol. The number of ketones is 1. The van der Waals surface area contributed by atoms with Gasteiger partial charge in [-0.2, -0.15) is 0 Å². The summed E-state index contributed by atoms with van der Waals surface area (Å²) in [6, 6.07) is 7.15. The molecule has 7 nitrogen and oxygen atoms in total. The molecule has 0 aromatic heterocycles. The van der Waals surface area contributed by atoms with Crippen LogP contribution in [0.1, 0.15) is 27.0 Å². The molecule has 0 atom stereocenters. The van der Waals surface area contributed by atoms with E-state index in [0.717, 1.165) is 5.56 Å². The average Bonchev–Trinajstić information content (AvgIpc) is 3.00. The van der Waals surface area contributed by atoms with E-state index in [0.29, 0.717) is 39.6 Å². The molecule has 28 heavy (non-hydrogen) atoms. The quantitative estimate of drug-likeness (QED) is 0.443. The monoisotopic (exact) mass is 385 g/mol. The number of hydrogen-bond donors (Lipinski definition) is 1. The number of benzene rings is 2. The van der Waals surface area contributed by atoms with Crippen LogP contribution in [0.3, 0.4) is 0 Å². The fourth-order valence-corrected chi connectivity index (χ4v) is 3.05. The summed E-state index contributed by atoms with van der Waals surface area (Å²) in [7, 11) is 3.05. The second-order valence-corrected chi connectivity index (χ2v) is 6.32. The summed E-state index contributed by atoms with van der Waals surface area (Å²) in [5.74, 6) is 1.28. The van der Waals surface area contributed by atoms with Crippen LogP contribution in [0.4, 0.5) is 5.69 Å². The predicted molar refractivity (Wildman–Crippen MR) is 105 cm³/mol. The van der Waals surface area contributed by atoms with Crippen molar-refractivity contribution in [3.63, 3.8) is 0 Å². The number of nitrogens with two attached hydrogens (primary N) is 1. The fourth-order valence-electron chi connectivity index (χ4n) is 3.05. The summed E-state index contributed by atoms with van der Waals surface area (Å²) >= 11 is 0. The molecule has 0 saturated heterocycles. The number of anilines is 1. The first-order valence-electron chi connectivity index (χ1n) is 8.68. The minimum Gasteiger partial charge on any atom is -0.467 e. The van der Waals surface area contributed by atoms with E-state index in [1.165, 1.54) is 14.2 Å². The standard InChI is InChI=1S/C21H23NO6/c1-12-19(26-10-24-3)13(2)21-17(20(12)27-11-25-4)18(23)16(28-21)9-14-5-7-15(22)8-6-14/h5-9H,10-11,22H2,1-4H3. The van der Waals surface area contributed by atoms with Gasteiger partial charge in [0, 0.05) is 31.0 Å². The van der Waals surface area contributed by atoms with Crippen molar-refractivity contribution in [2.45, 2.75) is 13.8 Å². The Morgan fingerprint density at radius 3 is 2.18 bits per heavy atom. The van der Waals surface area contributed by atoms with Gasteiger partial charge in [-0.05, 0) is 37.6 Å². The van der Waals surface area contributed by atoms with Gasteiger partial charge in [0.05, 0.1) is 0 Å². The van der Waals surface area contributed by atoms with Crippen molar-refractivity contribution in [2.75, 3.05) is 33.5 Å². The minimum absolute atomic E-state index is 0.00957. The maximum atomic E-state index is 13.1. The number of rotatable bonds is 7. The Morgan fingerprint density at radius 1 is 0.964 bits per heavy atom. The summed E-state index contributed by atoms with van der Waals surface area (Å²) in [5.41, 5.74) is 8.90. The van der Waals surface area contributed by atoms with E-state index in [9.17, 15) is 4.79 Å². The van der Waals surface area contributed by atoms with Gasteiger partial charge >= 0.3 is 0 Å². The van der Waals surface area contributed by atoms with Gasteiger partial charge in [-0.3, -0.25) is 4.79 Å². The topological polar surface area (TPSA) is 89.2 Å². The number of hydrogen-bond acceptors (Lipinski definition) is 7. The lowest BCUT2D eigenvalue weighted by molar-refractivity contribution is 0.0443. The van der Waals surface area contributed by atoms with Crippen molar-refractivity contribution in [3.8, 4) is 17.2 Å². The largest absolute Gasteiger partial charge is 0.467 e. The van der Waals surface area contributed by atoms with Gasteiger partial charge in [-0.25, -0.2) is 0 Å². The summed E-state index contributed by atoms with van der Waals surface area (Å²) < 4.78 is 27.3. The van der Waals surface area contributed by atoms with Gasteiger partial charge in [0.2, 0.25) is 5.78 Å².